The third-order valence-electron chi connectivity index (χ3n) is 4.61. The van der Waals surface area contributed by atoms with E-state index in [1.165, 1.54) is 12.8 Å². The average molecular weight is 298 g/mol. The van der Waals surface area contributed by atoms with E-state index in [1.54, 1.807) is 0 Å². The van der Waals surface area contributed by atoms with E-state index in [0.717, 1.165) is 30.8 Å². The van der Waals surface area contributed by atoms with Crippen molar-refractivity contribution in [3.05, 3.63) is 0 Å². The molecule has 1 aliphatic heterocycles. The largest absolute Gasteiger partial charge is 0.322 e. The molecule has 2 rings (SSSR count). The van der Waals surface area contributed by atoms with Crippen LogP contribution < -0.4 is 5.32 Å². The zero-order valence-corrected chi connectivity index (χ0v) is 14.3. The van der Waals surface area contributed by atoms with Crippen molar-refractivity contribution in [2.45, 2.75) is 77.5 Å². The first kappa shape index (κ1) is 16.2. The predicted molar refractivity (Wildman–Crippen MR) is 86.9 cm³/mol. The molecule has 2 aliphatic rings. The van der Waals surface area contributed by atoms with Crippen molar-refractivity contribution < 1.29 is 4.79 Å². The summed E-state index contributed by atoms with van der Waals surface area (Å²) in [7, 11) is 0. The second-order valence-corrected chi connectivity index (χ2v) is 8.12. The normalized spacial score (nSPS) is 26.9. The van der Waals surface area contributed by atoms with E-state index < -0.39 is 0 Å². The molecule has 1 saturated carbocycles. The lowest BCUT2D eigenvalue weighted by molar-refractivity contribution is -0.134. The second kappa shape index (κ2) is 6.69. The molecule has 0 aromatic rings. The Kier molecular flexibility index (Phi) is 5.41. The zero-order valence-electron chi connectivity index (χ0n) is 13.4. The quantitative estimate of drug-likeness (QED) is 0.817. The Morgan fingerprint density at radius 2 is 2.00 bits per heavy atom. The number of amides is 1. The van der Waals surface area contributed by atoms with Crippen LogP contribution in [0.5, 0.6) is 0 Å². The second-order valence-electron chi connectivity index (χ2n) is 6.80. The molecule has 2 fully saturated rings. The molecule has 0 aromatic heterocycles. The monoisotopic (exact) mass is 298 g/mol. The van der Waals surface area contributed by atoms with Gasteiger partial charge in [0.2, 0.25) is 5.91 Å². The third-order valence-corrected chi connectivity index (χ3v) is 5.74. The molecule has 1 N–H and O–H groups in total. The summed E-state index contributed by atoms with van der Waals surface area (Å²) in [6.07, 6.45) is 5.76. The third kappa shape index (κ3) is 3.16. The molecule has 2 atom stereocenters. The number of hydrogen-bond donors (Lipinski definition) is 1. The van der Waals surface area contributed by atoms with Crippen LogP contribution in [0.1, 0.15) is 59.8 Å². The summed E-state index contributed by atoms with van der Waals surface area (Å²) >= 11 is 1.94. The van der Waals surface area contributed by atoms with E-state index in [9.17, 15) is 4.79 Å². The summed E-state index contributed by atoms with van der Waals surface area (Å²) < 4.78 is 0. The number of rotatable bonds is 6. The molecule has 20 heavy (non-hydrogen) atoms. The van der Waals surface area contributed by atoms with E-state index in [-0.39, 0.29) is 11.7 Å². The minimum Gasteiger partial charge on any atom is -0.322 e. The highest BCUT2D eigenvalue weighted by Crippen LogP contribution is 2.38. The molecule has 0 aromatic carbocycles. The van der Waals surface area contributed by atoms with Crippen LogP contribution in [0.25, 0.3) is 0 Å². The van der Waals surface area contributed by atoms with Gasteiger partial charge in [-0.15, -0.1) is 0 Å². The Morgan fingerprint density at radius 3 is 2.55 bits per heavy atom. The Labute approximate surface area is 128 Å². The molecule has 2 unspecified atom stereocenters. The molecule has 3 nitrogen and oxygen atoms in total. The number of carbonyl (C=O) groups excluding carboxylic acids is 1. The molecule has 0 radical (unpaired) electrons. The van der Waals surface area contributed by atoms with Crippen molar-refractivity contribution in [1.29, 1.82) is 0 Å². The maximum atomic E-state index is 13.0. The van der Waals surface area contributed by atoms with E-state index in [2.05, 4.69) is 37.9 Å². The molecule has 1 aliphatic carbocycles. The van der Waals surface area contributed by atoms with Gasteiger partial charge in [-0.05, 0) is 37.9 Å². The standard InChI is InChI=1S/C16H30N2OS/c1-5-20-11-13(4)18-14(10-12(2)3)17-16(15(18)19)8-6-7-9-16/h12-14,17H,5-11H2,1-4H3. The van der Waals surface area contributed by atoms with Crippen LogP contribution in [0.3, 0.4) is 0 Å². The number of carbonyl (C=O) groups is 1. The summed E-state index contributed by atoms with van der Waals surface area (Å²) in [6, 6.07) is 0.337. The van der Waals surface area contributed by atoms with Crippen molar-refractivity contribution in [2.75, 3.05) is 11.5 Å². The molecular formula is C16H30N2OS. The van der Waals surface area contributed by atoms with Gasteiger partial charge < -0.3 is 4.90 Å². The highest BCUT2D eigenvalue weighted by Gasteiger charge is 2.53. The van der Waals surface area contributed by atoms with Crippen molar-refractivity contribution >= 4 is 17.7 Å². The zero-order chi connectivity index (χ0) is 14.8. The average Bonchev–Trinajstić information content (AvgIpc) is 2.94. The van der Waals surface area contributed by atoms with Crippen LogP contribution >= 0.6 is 11.8 Å². The van der Waals surface area contributed by atoms with E-state index in [1.807, 2.05) is 11.8 Å². The molecule has 1 amide bonds. The molecule has 4 heteroatoms. The van der Waals surface area contributed by atoms with Crippen molar-refractivity contribution in [1.82, 2.24) is 10.2 Å². The molecule has 1 spiro atoms. The maximum absolute atomic E-state index is 13.0. The predicted octanol–water partition coefficient (Wildman–Crippen LogP) is 3.24. The summed E-state index contributed by atoms with van der Waals surface area (Å²) in [5.74, 6) is 3.17. The highest BCUT2D eigenvalue weighted by atomic mass is 32.2. The van der Waals surface area contributed by atoms with Crippen LogP contribution in [0, 0.1) is 5.92 Å². The summed E-state index contributed by atoms with van der Waals surface area (Å²) in [5, 5.41) is 3.72. The summed E-state index contributed by atoms with van der Waals surface area (Å²) in [4.78, 5) is 15.2. The Hall–Kier alpha value is -0.220. The fourth-order valence-corrected chi connectivity index (χ4v) is 4.41. The van der Waals surface area contributed by atoms with Gasteiger partial charge >= 0.3 is 0 Å². The fraction of sp³-hybridized carbons (Fsp3) is 0.938. The van der Waals surface area contributed by atoms with Gasteiger partial charge in [-0.2, -0.15) is 11.8 Å². The molecule has 116 valence electrons. The minimum absolute atomic E-state index is 0.218. The van der Waals surface area contributed by atoms with Gasteiger partial charge in [-0.25, -0.2) is 0 Å². The van der Waals surface area contributed by atoms with Crippen LogP contribution in [-0.4, -0.2) is 40.1 Å². The fourth-order valence-electron chi connectivity index (χ4n) is 3.67. The van der Waals surface area contributed by atoms with Crippen molar-refractivity contribution in [3.8, 4) is 0 Å². The SMILES string of the molecule is CCSCC(C)N1C(=O)C2(CCCC2)NC1CC(C)C. The minimum atomic E-state index is -0.218. The maximum Gasteiger partial charge on any atom is 0.244 e. The topological polar surface area (TPSA) is 32.3 Å². The molecule has 1 heterocycles. The van der Waals surface area contributed by atoms with Crippen LogP contribution in [0.4, 0.5) is 0 Å². The lowest BCUT2D eigenvalue weighted by atomic mass is 9.97. The Balaban J connectivity index is 2.13. The van der Waals surface area contributed by atoms with E-state index in [4.69, 9.17) is 0 Å². The number of hydrogen-bond acceptors (Lipinski definition) is 3. The van der Waals surface area contributed by atoms with Gasteiger partial charge in [-0.1, -0.05) is 33.6 Å². The van der Waals surface area contributed by atoms with Gasteiger partial charge in [0.25, 0.3) is 0 Å². The first-order chi connectivity index (χ1) is 9.50. The van der Waals surface area contributed by atoms with Gasteiger partial charge in [-0.3, -0.25) is 10.1 Å². The van der Waals surface area contributed by atoms with Gasteiger partial charge in [0.1, 0.15) is 0 Å². The summed E-state index contributed by atoms with van der Waals surface area (Å²) in [6.45, 7) is 8.89. The Morgan fingerprint density at radius 1 is 1.35 bits per heavy atom. The molecule has 0 bridgehead atoms. The van der Waals surface area contributed by atoms with Crippen LogP contribution in [-0.2, 0) is 4.79 Å². The van der Waals surface area contributed by atoms with Crippen molar-refractivity contribution in [3.63, 3.8) is 0 Å². The van der Waals surface area contributed by atoms with E-state index >= 15 is 0 Å². The number of thioether (sulfide) groups is 1. The van der Waals surface area contributed by atoms with Crippen LogP contribution in [0.15, 0.2) is 0 Å². The first-order valence-electron chi connectivity index (χ1n) is 8.18. The number of nitrogens with zero attached hydrogens (tertiary/aromatic N) is 1. The summed E-state index contributed by atoms with van der Waals surface area (Å²) in [5.41, 5.74) is -0.218. The molecule has 1 saturated heterocycles. The van der Waals surface area contributed by atoms with Crippen molar-refractivity contribution in [2.24, 2.45) is 5.92 Å². The number of nitrogens with one attached hydrogen (secondary N) is 1. The van der Waals surface area contributed by atoms with Gasteiger partial charge in [0.15, 0.2) is 0 Å². The van der Waals surface area contributed by atoms with Gasteiger partial charge in [0, 0.05) is 11.8 Å². The van der Waals surface area contributed by atoms with Crippen LogP contribution in [0.2, 0.25) is 0 Å². The smallest absolute Gasteiger partial charge is 0.244 e. The molecular weight excluding hydrogens is 268 g/mol. The lowest BCUT2D eigenvalue weighted by Crippen LogP contribution is -2.45. The lowest BCUT2D eigenvalue weighted by Gasteiger charge is -2.31. The first-order valence-corrected chi connectivity index (χ1v) is 9.34. The van der Waals surface area contributed by atoms with E-state index in [0.29, 0.717) is 17.9 Å². The van der Waals surface area contributed by atoms with Gasteiger partial charge in [0.05, 0.1) is 11.7 Å². The Bertz CT molecular complexity index is 339. The highest BCUT2D eigenvalue weighted by molar-refractivity contribution is 7.99.